The van der Waals surface area contributed by atoms with E-state index in [4.69, 9.17) is 32.7 Å². The van der Waals surface area contributed by atoms with Gasteiger partial charge in [0.25, 0.3) is 15.9 Å². The SMILES string of the molecule is O=C(CN(c1ccc(F)cc1)S(=O)(=O)c1ccc2c(c1)OCCO2)N/N=C\c1ccc(Cl)cc1Cl. The number of halogens is 3. The van der Waals surface area contributed by atoms with Crippen molar-refractivity contribution in [3.05, 3.63) is 82.1 Å². The Morgan fingerprint density at radius 2 is 1.74 bits per heavy atom. The Labute approximate surface area is 210 Å². The summed E-state index contributed by atoms with van der Waals surface area (Å²) in [5.74, 6) is -0.613. The van der Waals surface area contributed by atoms with Gasteiger partial charge in [-0.1, -0.05) is 29.3 Å². The third-order valence-corrected chi connectivity index (χ3v) is 7.19. The monoisotopic (exact) mass is 537 g/mol. The van der Waals surface area contributed by atoms with Crippen LogP contribution in [0.5, 0.6) is 11.5 Å². The zero-order valence-corrected chi connectivity index (χ0v) is 20.3. The van der Waals surface area contributed by atoms with Crippen molar-refractivity contribution in [1.82, 2.24) is 5.43 Å². The van der Waals surface area contributed by atoms with Crippen LogP contribution in [0.4, 0.5) is 10.1 Å². The lowest BCUT2D eigenvalue weighted by atomic mass is 10.2. The molecule has 1 heterocycles. The van der Waals surface area contributed by atoms with Crippen LogP contribution in [0.15, 0.2) is 70.7 Å². The lowest BCUT2D eigenvalue weighted by molar-refractivity contribution is -0.119. The number of nitrogens with zero attached hydrogens (tertiary/aromatic N) is 2. The number of benzene rings is 3. The molecule has 0 bridgehead atoms. The molecule has 8 nitrogen and oxygen atoms in total. The molecule has 4 rings (SSSR count). The highest BCUT2D eigenvalue weighted by molar-refractivity contribution is 7.92. The fraction of sp³-hybridized carbons (Fsp3) is 0.130. The van der Waals surface area contributed by atoms with Gasteiger partial charge in [0.1, 0.15) is 25.6 Å². The first-order chi connectivity index (χ1) is 16.7. The van der Waals surface area contributed by atoms with Crippen LogP contribution < -0.4 is 19.2 Å². The topological polar surface area (TPSA) is 97.3 Å². The zero-order valence-electron chi connectivity index (χ0n) is 17.9. The molecule has 1 N–H and O–H groups in total. The van der Waals surface area contributed by atoms with Crippen LogP contribution in [-0.2, 0) is 14.8 Å². The largest absolute Gasteiger partial charge is 0.486 e. The summed E-state index contributed by atoms with van der Waals surface area (Å²) >= 11 is 11.9. The summed E-state index contributed by atoms with van der Waals surface area (Å²) in [6.07, 6.45) is 1.30. The summed E-state index contributed by atoms with van der Waals surface area (Å²) in [7, 11) is -4.26. The highest BCUT2D eigenvalue weighted by Crippen LogP contribution is 2.34. The van der Waals surface area contributed by atoms with Crippen LogP contribution in [0.1, 0.15) is 5.56 Å². The molecule has 0 aromatic heterocycles. The molecule has 3 aromatic carbocycles. The fourth-order valence-electron chi connectivity index (χ4n) is 3.18. The number of hydrogen-bond acceptors (Lipinski definition) is 6. The van der Waals surface area contributed by atoms with Gasteiger partial charge in [0.15, 0.2) is 11.5 Å². The van der Waals surface area contributed by atoms with E-state index in [0.29, 0.717) is 28.0 Å². The van der Waals surface area contributed by atoms with Crippen molar-refractivity contribution in [3.8, 4) is 11.5 Å². The Hall–Kier alpha value is -3.34. The molecule has 0 fully saturated rings. The molecule has 1 aliphatic rings. The second-order valence-electron chi connectivity index (χ2n) is 7.25. The van der Waals surface area contributed by atoms with Crippen LogP contribution in [-0.4, -0.2) is 40.3 Å². The molecule has 0 spiro atoms. The lowest BCUT2D eigenvalue weighted by Crippen LogP contribution is -2.39. The van der Waals surface area contributed by atoms with E-state index in [9.17, 15) is 17.6 Å². The van der Waals surface area contributed by atoms with Crippen LogP contribution in [0.25, 0.3) is 0 Å². The van der Waals surface area contributed by atoms with Crippen molar-refractivity contribution in [2.75, 3.05) is 24.1 Å². The summed E-state index contributed by atoms with van der Waals surface area (Å²) in [4.78, 5) is 12.5. The molecule has 0 saturated heterocycles. The molecular formula is C23H18Cl2FN3O5S. The third kappa shape index (κ3) is 5.84. The van der Waals surface area contributed by atoms with Gasteiger partial charge in [0, 0.05) is 16.7 Å². The average Bonchev–Trinajstić information content (AvgIpc) is 2.84. The molecular weight excluding hydrogens is 520 g/mol. The number of hydrogen-bond donors (Lipinski definition) is 1. The molecule has 182 valence electrons. The number of ether oxygens (including phenoxy) is 2. The quantitative estimate of drug-likeness (QED) is 0.359. The van der Waals surface area contributed by atoms with Gasteiger partial charge in [0.05, 0.1) is 21.8 Å². The molecule has 12 heteroatoms. The van der Waals surface area contributed by atoms with E-state index in [1.807, 2.05) is 0 Å². The second kappa shape index (κ2) is 10.5. The van der Waals surface area contributed by atoms with Gasteiger partial charge in [-0.15, -0.1) is 0 Å². The third-order valence-electron chi connectivity index (χ3n) is 4.86. The molecule has 1 aliphatic heterocycles. The van der Waals surface area contributed by atoms with Crippen molar-refractivity contribution >= 4 is 51.0 Å². The number of hydrazone groups is 1. The highest BCUT2D eigenvalue weighted by Gasteiger charge is 2.29. The van der Waals surface area contributed by atoms with Crippen LogP contribution in [0.3, 0.4) is 0 Å². The van der Waals surface area contributed by atoms with Crippen molar-refractivity contribution in [1.29, 1.82) is 0 Å². The maximum atomic E-state index is 13.5. The Kier molecular flexibility index (Phi) is 7.44. The highest BCUT2D eigenvalue weighted by atomic mass is 35.5. The van der Waals surface area contributed by atoms with Gasteiger partial charge in [-0.3, -0.25) is 9.10 Å². The smallest absolute Gasteiger partial charge is 0.264 e. The lowest BCUT2D eigenvalue weighted by Gasteiger charge is -2.25. The molecule has 35 heavy (non-hydrogen) atoms. The zero-order chi connectivity index (χ0) is 25.0. The minimum Gasteiger partial charge on any atom is -0.486 e. The Morgan fingerprint density at radius 3 is 2.46 bits per heavy atom. The van der Waals surface area contributed by atoms with E-state index in [2.05, 4.69) is 10.5 Å². The normalized spacial score (nSPS) is 13.0. The van der Waals surface area contributed by atoms with E-state index < -0.39 is 28.3 Å². The number of anilines is 1. The van der Waals surface area contributed by atoms with E-state index in [1.54, 1.807) is 12.1 Å². The van der Waals surface area contributed by atoms with Crippen molar-refractivity contribution in [2.45, 2.75) is 4.90 Å². The number of amides is 1. The molecule has 1 amide bonds. The van der Waals surface area contributed by atoms with Gasteiger partial charge in [-0.05, 0) is 48.5 Å². The first-order valence-corrected chi connectivity index (χ1v) is 12.4. The van der Waals surface area contributed by atoms with Crippen LogP contribution >= 0.6 is 23.2 Å². The van der Waals surface area contributed by atoms with Gasteiger partial charge in [-0.2, -0.15) is 5.10 Å². The predicted octanol–water partition coefficient (Wildman–Crippen LogP) is 4.25. The minimum absolute atomic E-state index is 0.0844. The molecule has 0 aliphatic carbocycles. The van der Waals surface area contributed by atoms with E-state index in [-0.39, 0.29) is 22.9 Å². The standard InChI is InChI=1S/C23H18Cl2FN3O5S/c24-16-2-1-15(20(25)11-16)13-27-28-23(30)14-29(18-5-3-17(26)4-6-18)35(31,32)19-7-8-21-22(12-19)34-10-9-33-21/h1-8,11-13H,9-10,14H2,(H,28,30)/b27-13-. The van der Waals surface area contributed by atoms with Gasteiger partial charge in [0.2, 0.25) is 0 Å². The molecule has 0 unspecified atom stereocenters. The molecule has 0 atom stereocenters. The summed E-state index contributed by atoms with van der Waals surface area (Å²) < 4.78 is 52.2. The summed E-state index contributed by atoms with van der Waals surface area (Å²) in [5, 5.41) is 4.60. The average molecular weight is 538 g/mol. The Morgan fingerprint density at radius 1 is 1.03 bits per heavy atom. The summed E-state index contributed by atoms with van der Waals surface area (Å²) in [6, 6.07) is 13.6. The van der Waals surface area contributed by atoms with Crippen molar-refractivity contribution in [2.24, 2.45) is 5.10 Å². The van der Waals surface area contributed by atoms with E-state index >= 15 is 0 Å². The molecule has 0 radical (unpaired) electrons. The predicted molar refractivity (Wildman–Crippen MR) is 131 cm³/mol. The van der Waals surface area contributed by atoms with Crippen LogP contribution in [0, 0.1) is 5.82 Å². The number of rotatable bonds is 7. The number of fused-ring (bicyclic) bond motifs is 1. The van der Waals surface area contributed by atoms with Gasteiger partial charge < -0.3 is 9.47 Å². The number of carbonyl (C=O) groups excluding carboxylic acids is 1. The Balaban J connectivity index is 1.59. The van der Waals surface area contributed by atoms with E-state index in [0.717, 1.165) is 16.4 Å². The second-order valence-corrected chi connectivity index (χ2v) is 9.96. The molecule has 3 aromatic rings. The first-order valence-electron chi connectivity index (χ1n) is 10.2. The first kappa shape index (κ1) is 24.8. The van der Waals surface area contributed by atoms with Crippen LogP contribution in [0.2, 0.25) is 10.0 Å². The van der Waals surface area contributed by atoms with Crippen molar-refractivity contribution < 1.29 is 27.1 Å². The maximum absolute atomic E-state index is 13.5. The molecule has 0 saturated carbocycles. The van der Waals surface area contributed by atoms with Crippen molar-refractivity contribution in [3.63, 3.8) is 0 Å². The number of carbonyl (C=O) groups is 1. The summed E-state index contributed by atoms with van der Waals surface area (Å²) in [5.41, 5.74) is 2.85. The van der Waals surface area contributed by atoms with E-state index in [1.165, 1.54) is 42.6 Å². The summed E-state index contributed by atoms with van der Waals surface area (Å²) in [6.45, 7) is -0.00690. The van der Waals surface area contributed by atoms with Gasteiger partial charge >= 0.3 is 0 Å². The number of sulfonamides is 1. The minimum atomic E-state index is -4.26. The Bertz CT molecular complexity index is 1380. The van der Waals surface area contributed by atoms with Gasteiger partial charge in [-0.25, -0.2) is 18.2 Å². The number of nitrogens with one attached hydrogen (secondary N) is 1. The fourth-order valence-corrected chi connectivity index (χ4v) is 5.07. The maximum Gasteiger partial charge on any atom is 0.264 e.